The molecule has 0 aliphatic carbocycles. The van der Waals surface area contributed by atoms with Gasteiger partial charge in [0.2, 0.25) is 0 Å². The average Bonchev–Trinajstić information content (AvgIpc) is 2.18. The highest BCUT2D eigenvalue weighted by atomic mass is 35.5. The van der Waals surface area contributed by atoms with Crippen molar-refractivity contribution in [3.63, 3.8) is 0 Å². The van der Waals surface area contributed by atoms with Crippen molar-refractivity contribution in [3.05, 3.63) is 34.9 Å². The lowest BCUT2D eigenvalue weighted by atomic mass is 9.78. The first kappa shape index (κ1) is 12.5. The third kappa shape index (κ3) is 2.33. The van der Waals surface area contributed by atoms with Crippen LogP contribution in [0.4, 0.5) is 0 Å². The summed E-state index contributed by atoms with van der Waals surface area (Å²) in [6.45, 7) is 5.08. The van der Waals surface area contributed by atoms with E-state index in [1.807, 2.05) is 6.92 Å². The van der Waals surface area contributed by atoms with E-state index in [0.717, 1.165) is 0 Å². The van der Waals surface area contributed by atoms with Gasteiger partial charge in [0.05, 0.1) is 5.60 Å². The van der Waals surface area contributed by atoms with E-state index in [4.69, 9.17) is 11.6 Å². The van der Waals surface area contributed by atoms with Crippen LogP contribution >= 0.6 is 11.6 Å². The van der Waals surface area contributed by atoms with Crippen LogP contribution < -0.4 is 0 Å². The maximum atomic E-state index is 10.3. The predicted molar refractivity (Wildman–Crippen MR) is 61.9 cm³/mol. The Kier molecular flexibility index (Phi) is 3.44. The molecule has 1 aromatic carbocycles. The van der Waals surface area contributed by atoms with Crippen LogP contribution in [-0.4, -0.2) is 15.8 Å². The summed E-state index contributed by atoms with van der Waals surface area (Å²) in [5, 5.41) is 21.0. The van der Waals surface area contributed by atoms with E-state index in [1.165, 1.54) is 0 Å². The molecule has 0 radical (unpaired) electrons. The normalized spacial score (nSPS) is 19.3. The Morgan fingerprint density at radius 3 is 2.00 bits per heavy atom. The number of hydrogen-bond acceptors (Lipinski definition) is 2. The van der Waals surface area contributed by atoms with Crippen LogP contribution in [0.3, 0.4) is 0 Å². The minimum atomic E-state index is -1.27. The fraction of sp³-hybridized carbons (Fsp3) is 0.500. The van der Waals surface area contributed by atoms with Crippen LogP contribution in [0.25, 0.3) is 0 Å². The highest BCUT2D eigenvalue weighted by molar-refractivity contribution is 6.30. The number of aliphatic hydroxyl groups is 2. The first-order valence-electron chi connectivity index (χ1n) is 5.02. The number of hydrogen-bond donors (Lipinski definition) is 2. The molecule has 0 saturated heterocycles. The van der Waals surface area contributed by atoms with Crippen molar-refractivity contribution < 1.29 is 10.2 Å². The lowest BCUT2D eigenvalue weighted by Crippen LogP contribution is -2.46. The smallest absolute Gasteiger partial charge is 0.115 e. The third-order valence-electron chi connectivity index (χ3n) is 3.14. The van der Waals surface area contributed by atoms with Gasteiger partial charge in [-0.3, -0.25) is 0 Å². The summed E-state index contributed by atoms with van der Waals surface area (Å²) in [6.07, 6.45) is 0.475. The van der Waals surface area contributed by atoms with Crippen molar-refractivity contribution in [2.75, 3.05) is 0 Å². The van der Waals surface area contributed by atoms with Crippen molar-refractivity contribution in [1.82, 2.24) is 0 Å². The van der Waals surface area contributed by atoms with Crippen molar-refractivity contribution in [2.24, 2.45) is 0 Å². The van der Waals surface area contributed by atoms with Crippen LogP contribution in [0, 0.1) is 0 Å². The molecule has 2 nitrogen and oxygen atoms in total. The van der Waals surface area contributed by atoms with Gasteiger partial charge >= 0.3 is 0 Å². The molecule has 0 heterocycles. The van der Waals surface area contributed by atoms with Crippen LogP contribution in [0.1, 0.15) is 32.8 Å². The summed E-state index contributed by atoms with van der Waals surface area (Å²) in [4.78, 5) is 0. The zero-order valence-corrected chi connectivity index (χ0v) is 10.0. The Morgan fingerprint density at radius 1 is 1.13 bits per heavy atom. The van der Waals surface area contributed by atoms with Crippen LogP contribution in [0.5, 0.6) is 0 Å². The molecular formula is C12H17ClO2. The quantitative estimate of drug-likeness (QED) is 0.835. The standard InChI is InChI=1S/C12H17ClO2/c1-4-11(2,14)12(3,15)9-5-7-10(13)8-6-9/h5-8,14-15H,4H2,1-3H3. The van der Waals surface area contributed by atoms with Crippen molar-refractivity contribution in [3.8, 4) is 0 Å². The average molecular weight is 229 g/mol. The lowest BCUT2D eigenvalue weighted by molar-refractivity contribution is -0.138. The molecule has 0 bridgehead atoms. The Morgan fingerprint density at radius 2 is 1.60 bits per heavy atom. The number of rotatable bonds is 3. The maximum absolute atomic E-state index is 10.3. The van der Waals surface area contributed by atoms with Gasteiger partial charge in [-0.2, -0.15) is 0 Å². The molecule has 0 aliphatic rings. The second kappa shape index (κ2) is 4.12. The SMILES string of the molecule is CCC(C)(O)C(C)(O)c1ccc(Cl)cc1. The highest BCUT2D eigenvalue weighted by Gasteiger charge is 2.41. The van der Waals surface area contributed by atoms with Crippen LogP contribution in [0.15, 0.2) is 24.3 Å². The molecule has 2 N–H and O–H groups in total. The second-order valence-corrected chi connectivity index (χ2v) is 4.64. The van der Waals surface area contributed by atoms with E-state index >= 15 is 0 Å². The minimum absolute atomic E-state index is 0.475. The summed E-state index contributed by atoms with van der Waals surface area (Å²) in [5.41, 5.74) is -1.76. The van der Waals surface area contributed by atoms with Crippen LogP contribution in [0.2, 0.25) is 5.02 Å². The van der Waals surface area contributed by atoms with Gasteiger partial charge in [-0.05, 0) is 38.0 Å². The minimum Gasteiger partial charge on any atom is -0.387 e. The lowest BCUT2D eigenvalue weighted by Gasteiger charge is -2.38. The molecule has 1 aromatic rings. The van der Waals surface area contributed by atoms with Gasteiger partial charge in [0, 0.05) is 5.02 Å². The molecule has 0 amide bonds. The van der Waals surface area contributed by atoms with E-state index < -0.39 is 11.2 Å². The largest absolute Gasteiger partial charge is 0.387 e. The second-order valence-electron chi connectivity index (χ2n) is 4.21. The number of benzene rings is 1. The Balaban J connectivity index is 3.10. The van der Waals surface area contributed by atoms with E-state index in [-0.39, 0.29) is 0 Å². The van der Waals surface area contributed by atoms with Gasteiger partial charge in [-0.1, -0.05) is 30.7 Å². The van der Waals surface area contributed by atoms with E-state index in [9.17, 15) is 10.2 Å². The molecular weight excluding hydrogens is 212 g/mol. The molecule has 0 aromatic heterocycles. The molecule has 0 aliphatic heterocycles. The molecule has 3 heteroatoms. The van der Waals surface area contributed by atoms with Gasteiger partial charge in [0.1, 0.15) is 5.60 Å². The van der Waals surface area contributed by atoms with Gasteiger partial charge in [-0.15, -0.1) is 0 Å². The van der Waals surface area contributed by atoms with Crippen molar-refractivity contribution in [1.29, 1.82) is 0 Å². The van der Waals surface area contributed by atoms with E-state index in [1.54, 1.807) is 38.1 Å². The molecule has 0 spiro atoms. The van der Waals surface area contributed by atoms with E-state index in [2.05, 4.69) is 0 Å². The van der Waals surface area contributed by atoms with Gasteiger partial charge in [0.25, 0.3) is 0 Å². The Bertz CT molecular complexity index is 328. The van der Waals surface area contributed by atoms with Gasteiger partial charge in [-0.25, -0.2) is 0 Å². The Hall–Kier alpha value is -0.570. The zero-order valence-electron chi connectivity index (χ0n) is 9.29. The fourth-order valence-corrected chi connectivity index (χ4v) is 1.56. The molecule has 0 saturated carbocycles. The summed E-state index contributed by atoms with van der Waals surface area (Å²) in [6, 6.07) is 6.87. The fourth-order valence-electron chi connectivity index (χ4n) is 1.43. The topological polar surface area (TPSA) is 40.5 Å². The summed E-state index contributed by atoms with van der Waals surface area (Å²) >= 11 is 5.77. The molecule has 2 unspecified atom stereocenters. The molecule has 0 fully saturated rings. The predicted octanol–water partition coefficient (Wildman–Crippen LogP) is 2.71. The zero-order chi connectivity index (χ0) is 11.7. The summed E-state index contributed by atoms with van der Waals surface area (Å²) < 4.78 is 0. The van der Waals surface area contributed by atoms with E-state index in [0.29, 0.717) is 17.0 Å². The third-order valence-corrected chi connectivity index (χ3v) is 3.40. The monoisotopic (exact) mass is 228 g/mol. The maximum Gasteiger partial charge on any atom is 0.115 e. The van der Waals surface area contributed by atoms with Crippen LogP contribution in [-0.2, 0) is 5.60 Å². The molecule has 84 valence electrons. The summed E-state index contributed by atoms with van der Waals surface area (Å²) in [5.74, 6) is 0. The van der Waals surface area contributed by atoms with Gasteiger partial charge < -0.3 is 10.2 Å². The molecule has 15 heavy (non-hydrogen) atoms. The Labute approximate surface area is 95.5 Å². The summed E-state index contributed by atoms with van der Waals surface area (Å²) in [7, 11) is 0. The van der Waals surface area contributed by atoms with Crippen molar-refractivity contribution in [2.45, 2.75) is 38.4 Å². The van der Waals surface area contributed by atoms with Gasteiger partial charge in [0.15, 0.2) is 0 Å². The molecule has 1 rings (SSSR count). The first-order chi connectivity index (χ1) is 6.81. The first-order valence-corrected chi connectivity index (χ1v) is 5.40. The number of halogens is 1. The van der Waals surface area contributed by atoms with Crippen molar-refractivity contribution >= 4 is 11.6 Å². The highest BCUT2D eigenvalue weighted by Crippen LogP contribution is 2.35. The molecule has 2 atom stereocenters.